The molecule has 0 unspecified atom stereocenters. The standard InChI is InChI=1S/C29H22F3N5O2S/c1-16-14-37(15-34-16)23-8-17(7-22(12-23)29(30,31)32)9-25(38)20-4-2-3-19(10-20)21-11-24-27(33-13-21)40-28(35-24)36-26(39)18-5-6-18/h2-4,7-8,10-15,18H,5-6,9H2,1H3,(H,35,36,39). The summed E-state index contributed by atoms with van der Waals surface area (Å²) in [5.74, 6) is -0.284. The number of anilines is 1. The fourth-order valence-corrected chi connectivity index (χ4v) is 5.19. The summed E-state index contributed by atoms with van der Waals surface area (Å²) in [4.78, 5) is 39.0. The lowest BCUT2D eigenvalue weighted by molar-refractivity contribution is -0.137. The van der Waals surface area contributed by atoms with Crippen LogP contribution in [-0.2, 0) is 17.4 Å². The third kappa shape index (κ3) is 5.50. The molecule has 0 radical (unpaired) electrons. The molecule has 1 N–H and O–H groups in total. The van der Waals surface area contributed by atoms with Crippen LogP contribution in [0.5, 0.6) is 0 Å². The van der Waals surface area contributed by atoms with Crippen LogP contribution in [0.3, 0.4) is 0 Å². The number of imidazole rings is 1. The zero-order valence-electron chi connectivity index (χ0n) is 21.2. The minimum atomic E-state index is -4.56. The zero-order valence-corrected chi connectivity index (χ0v) is 22.0. The minimum absolute atomic E-state index is 0.0291. The Bertz CT molecular complexity index is 1770. The van der Waals surface area contributed by atoms with Gasteiger partial charge in [0.1, 0.15) is 10.3 Å². The number of carbonyl (C=O) groups is 2. The lowest BCUT2D eigenvalue weighted by Crippen LogP contribution is -2.12. The summed E-state index contributed by atoms with van der Waals surface area (Å²) in [7, 11) is 0. The van der Waals surface area contributed by atoms with Crippen molar-refractivity contribution in [2.75, 3.05) is 5.32 Å². The largest absolute Gasteiger partial charge is 0.416 e. The topological polar surface area (TPSA) is 89.8 Å². The number of hydrogen-bond acceptors (Lipinski definition) is 6. The summed E-state index contributed by atoms with van der Waals surface area (Å²) in [6.07, 6.45) is 1.76. The number of rotatable bonds is 7. The van der Waals surface area contributed by atoms with Crippen LogP contribution in [0.4, 0.5) is 18.3 Å². The van der Waals surface area contributed by atoms with Crippen molar-refractivity contribution in [2.45, 2.75) is 32.4 Å². The van der Waals surface area contributed by atoms with E-state index in [4.69, 9.17) is 0 Å². The van der Waals surface area contributed by atoms with Gasteiger partial charge in [0.2, 0.25) is 5.91 Å². The molecule has 3 heterocycles. The summed E-state index contributed by atoms with van der Waals surface area (Å²) in [5.41, 5.74) is 2.79. The van der Waals surface area contributed by atoms with Gasteiger partial charge in [-0.3, -0.25) is 9.59 Å². The van der Waals surface area contributed by atoms with Crippen molar-refractivity contribution in [3.8, 4) is 16.8 Å². The van der Waals surface area contributed by atoms with Crippen LogP contribution >= 0.6 is 11.3 Å². The minimum Gasteiger partial charge on any atom is -0.306 e. The van der Waals surface area contributed by atoms with Crippen molar-refractivity contribution in [1.82, 2.24) is 19.5 Å². The number of ketones is 1. The van der Waals surface area contributed by atoms with Crippen molar-refractivity contribution in [2.24, 2.45) is 5.92 Å². The molecule has 1 saturated carbocycles. The van der Waals surface area contributed by atoms with Gasteiger partial charge in [-0.05, 0) is 61.2 Å². The molecule has 6 rings (SSSR count). The van der Waals surface area contributed by atoms with E-state index < -0.39 is 11.7 Å². The first-order valence-corrected chi connectivity index (χ1v) is 13.4. The molecule has 0 saturated heterocycles. The molecular weight excluding hydrogens is 539 g/mol. The smallest absolute Gasteiger partial charge is 0.306 e. The molecule has 0 spiro atoms. The molecule has 7 nitrogen and oxygen atoms in total. The Kier molecular flexibility index (Phi) is 6.46. The second-order valence-electron chi connectivity index (χ2n) is 9.82. The third-order valence-corrected chi connectivity index (χ3v) is 7.52. The summed E-state index contributed by atoms with van der Waals surface area (Å²) < 4.78 is 42.4. The molecule has 0 atom stereocenters. The highest BCUT2D eigenvalue weighted by atomic mass is 32.1. The number of hydrogen-bond donors (Lipinski definition) is 1. The van der Waals surface area contributed by atoms with E-state index in [2.05, 4.69) is 20.3 Å². The summed E-state index contributed by atoms with van der Waals surface area (Å²) >= 11 is 1.29. The Balaban J connectivity index is 1.25. The van der Waals surface area contributed by atoms with Crippen molar-refractivity contribution in [1.29, 1.82) is 0 Å². The zero-order chi connectivity index (χ0) is 28.0. The molecule has 202 valence electrons. The molecule has 40 heavy (non-hydrogen) atoms. The summed E-state index contributed by atoms with van der Waals surface area (Å²) in [6.45, 7) is 1.75. The van der Waals surface area contributed by atoms with E-state index in [1.165, 1.54) is 22.2 Å². The number of halogens is 3. The number of aromatic nitrogens is 4. The van der Waals surface area contributed by atoms with Gasteiger partial charge >= 0.3 is 6.18 Å². The van der Waals surface area contributed by atoms with Gasteiger partial charge in [0.15, 0.2) is 10.9 Å². The van der Waals surface area contributed by atoms with Gasteiger partial charge < -0.3 is 9.88 Å². The Labute approximate surface area is 230 Å². The molecule has 5 aromatic rings. The Morgan fingerprint density at radius 3 is 2.62 bits per heavy atom. The lowest BCUT2D eigenvalue weighted by atomic mass is 9.97. The SMILES string of the molecule is Cc1cn(-c2cc(CC(=O)c3cccc(-c4cnc5sc(NC(=O)C6CC6)nc5c4)c3)cc(C(F)(F)F)c2)cn1. The van der Waals surface area contributed by atoms with E-state index in [9.17, 15) is 22.8 Å². The van der Waals surface area contributed by atoms with E-state index >= 15 is 0 Å². The molecule has 0 bridgehead atoms. The van der Waals surface area contributed by atoms with Gasteiger partial charge in [0.05, 0.1) is 17.6 Å². The summed E-state index contributed by atoms with van der Waals surface area (Å²) in [6, 6.07) is 12.3. The van der Waals surface area contributed by atoms with Gasteiger partial charge in [-0.2, -0.15) is 13.2 Å². The van der Waals surface area contributed by atoms with E-state index in [-0.39, 0.29) is 35.3 Å². The van der Waals surface area contributed by atoms with E-state index in [1.54, 1.807) is 43.6 Å². The number of Topliss-reactive ketones (excluding diaryl/α,β-unsaturated/α-hetero) is 1. The third-order valence-electron chi connectivity index (χ3n) is 6.62. The summed E-state index contributed by atoms with van der Waals surface area (Å²) in [5, 5.41) is 3.33. The average Bonchev–Trinajstić information content (AvgIpc) is 3.57. The van der Waals surface area contributed by atoms with Crippen LogP contribution in [0.1, 0.15) is 40.0 Å². The number of aryl methyl sites for hydroxylation is 1. The van der Waals surface area contributed by atoms with E-state index in [1.807, 2.05) is 12.1 Å². The highest BCUT2D eigenvalue weighted by molar-refractivity contribution is 7.21. The van der Waals surface area contributed by atoms with Crippen LogP contribution in [0.2, 0.25) is 0 Å². The average molecular weight is 562 g/mol. The molecule has 1 aliphatic rings. The first kappa shape index (κ1) is 25.9. The second-order valence-corrected chi connectivity index (χ2v) is 10.8. The van der Waals surface area contributed by atoms with Crippen LogP contribution in [0.25, 0.3) is 27.2 Å². The first-order valence-electron chi connectivity index (χ1n) is 12.6. The molecule has 1 aliphatic carbocycles. The van der Waals surface area contributed by atoms with Gasteiger partial charge in [-0.15, -0.1) is 0 Å². The fraction of sp³-hybridized carbons (Fsp3) is 0.207. The Hall–Kier alpha value is -4.38. The van der Waals surface area contributed by atoms with Crippen molar-refractivity contribution in [3.05, 3.63) is 89.6 Å². The Morgan fingerprint density at radius 2 is 1.90 bits per heavy atom. The number of thiazole rings is 1. The van der Waals surface area contributed by atoms with Crippen LogP contribution in [0.15, 0.2) is 67.3 Å². The molecule has 11 heteroatoms. The highest BCUT2D eigenvalue weighted by Gasteiger charge is 2.32. The Morgan fingerprint density at radius 1 is 1.07 bits per heavy atom. The maximum Gasteiger partial charge on any atom is 0.416 e. The van der Waals surface area contributed by atoms with E-state index in [0.717, 1.165) is 36.1 Å². The number of nitrogens with zero attached hydrogens (tertiary/aromatic N) is 4. The molecule has 1 amide bonds. The van der Waals surface area contributed by atoms with Gasteiger partial charge in [-0.1, -0.05) is 29.5 Å². The van der Waals surface area contributed by atoms with Crippen molar-refractivity contribution in [3.63, 3.8) is 0 Å². The number of carbonyl (C=O) groups excluding carboxylic acids is 2. The lowest BCUT2D eigenvalue weighted by Gasteiger charge is -2.13. The molecule has 3 aromatic heterocycles. The van der Waals surface area contributed by atoms with Crippen LogP contribution < -0.4 is 5.32 Å². The van der Waals surface area contributed by atoms with Gasteiger partial charge in [-0.25, -0.2) is 15.0 Å². The maximum absolute atomic E-state index is 13.6. The van der Waals surface area contributed by atoms with Crippen molar-refractivity contribution >= 4 is 38.5 Å². The monoisotopic (exact) mass is 561 g/mol. The predicted molar refractivity (Wildman–Crippen MR) is 146 cm³/mol. The normalized spacial score (nSPS) is 13.5. The number of alkyl halides is 3. The fourth-order valence-electron chi connectivity index (χ4n) is 4.40. The first-order chi connectivity index (χ1) is 19.1. The molecule has 1 fully saturated rings. The van der Waals surface area contributed by atoms with Crippen molar-refractivity contribution < 1.29 is 22.8 Å². The maximum atomic E-state index is 13.6. The van der Waals surface area contributed by atoms with E-state index in [0.29, 0.717) is 26.7 Å². The van der Waals surface area contributed by atoms with Crippen LogP contribution in [-0.4, -0.2) is 31.2 Å². The number of pyridine rings is 1. The number of amides is 1. The number of fused-ring (bicyclic) bond motifs is 1. The molecular formula is C29H22F3N5O2S. The van der Waals surface area contributed by atoms with Crippen LogP contribution in [0, 0.1) is 12.8 Å². The number of benzene rings is 2. The number of nitrogens with one attached hydrogen (secondary N) is 1. The quantitative estimate of drug-likeness (QED) is 0.225. The van der Waals surface area contributed by atoms with Gasteiger partial charge in [0, 0.05) is 41.5 Å². The molecule has 2 aromatic carbocycles. The van der Waals surface area contributed by atoms with Gasteiger partial charge in [0.25, 0.3) is 0 Å². The second kappa shape index (κ2) is 9.98. The molecule has 0 aliphatic heterocycles. The predicted octanol–water partition coefficient (Wildman–Crippen LogP) is 6.65. The highest BCUT2D eigenvalue weighted by Crippen LogP contribution is 2.34.